The van der Waals surface area contributed by atoms with Crippen LogP contribution in [-0.4, -0.2) is 11.9 Å². The molecular formula is C14H12O4. The van der Waals surface area contributed by atoms with Gasteiger partial charge >= 0.3 is 11.9 Å². The van der Waals surface area contributed by atoms with Crippen LogP contribution in [0, 0.1) is 0 Å². The van der Waals surface area contributed by atoms with Gasteiger partial charge in [0.2, 0.25) is 0 Å². The van der Waals surface area contributed by atoms with E-state index in [1.54, 1.807) is 18.2 Å². The van der Waals surface area contributed by atoms with Crippen molar-refractivity contribution < 1.29 is 19.1 Å². The van der Waals surface area contributed by atoms with E-state index in [0.29, 0.717) is 0 Å². The first-order chi connectivity index (χ1) is 8.58. The fraction of sp³-hybridized carbons (Fsp3) is 0.143. The van der Waals surface area contributed by atoms with Crippen molar-refractivity contribution in [1.82, 2.24) is 0 Å². The van der Waals surface area contributed by atoms with Crippen molar-refractivity contribution in [3.05, 3.63) is 36.4 Å². The Hall–Kier alpha value is -2.36. The molecule has 0 N–H and O–H groups in total. The number of benzene rings is 2. The molecule has 92 valence electrons. The van der Waals surface area contributed by atoms with E-state index in [1.807, 2.05) is 18.2 Å². The van der Waals surface area contributed by atoms with Crippen LogP contribution in [0.3, 0.4) is 0 Å². The maximum Gasteiger partial charge on any atom is 0.308 e. The fourth-order valence-corrected chi connectivity index (χ4v) is 1.71. The molecule has 0 aliphatic carbocycles. The maximum absolute atomic E-state index is 11.1. The van der Waals surface area contributed by atoms with Gasteiger partial charge < -0.3 is 9.47 Å². The van der Waals surface area contributed by atoms with E-state index >= 15 is 0 Å². The Morgan fingerprint density at radius 2 is 1.56 bits per heavy atom. The van der Waals surface area contributed by atoms with E-state index in [-0.39, 0.29) is 11.5 Å². The first-order valence-electron chi connectivity index (χ1n) is 5.46. The zero-order chi connectivity index (χ0) is 13.1. The minimum absolute atomic E-state index is 0.247. The quantitative estimate of drug-likeness (QED) is 0.602. The van der Waals surface area contributed by atoms with Gasteiger partial charge in [0.15, 0.2) is 11.5 Å². The number of ether oxygens (including phenoxy) is 2. The second-order valence-corrected chi connectivity index (χ2v) is 3.80. The molecule has 0 aliphatic heterocycles. The molecular weight excluding hydrogens is 232 g/mol. The van der Waals surface area contributed by atoms with E-state index in [0.717, 1.165) is 10.8 Å². The van der Waals surface area contributed by atoms with Crippen LogP contribution >= 0.6 is 0 Å². The summed E-state index contributed by atoms with van der Waals surface area (Å²) in [6.07, 6.45) is 0. The lowest BCUT2D eigenvalue weighted by Gasteiger charge is -2.11. The Balaban J connectivity index is 2.62. The molecule has 0 radical (unpaired) electrons. The Kier molecular flexibility index (Phi) is 3.28. The first-order valence-corrected chi connectivity index (χ1v) is 5.46. The standard InChI is InChI=1S/C14H12O4/c1-9(15)17-13-8-7-11-5-3-4-6-12(11)14(13)18-10(2)16/h3-8H,1-2H3. The molecule has 0 aromatic heterocycles. The van der Waals surface area contributed by atoms with Gasteiger partial charge in [0.25, 0.3) is 0 Å². The van der Waals surface area contributed by atoms with Crippen molar-refractivity contribution in [1.29, 1.82) is 0 Å². The van der Waals surface area contributed by atoms with Crippen molar-refractivity contribution in [3.63, 3.8) is 0 Å². The Morgan fingerprint density at radius 1 is 0.889 bits per heavy atom. The van der Waals surface area contributed by atoms with Gasteiger partial charge in [-0.3, -0.25) is 9.59 Å². The molecule has 0 heterocycles. The van der Waals surface area contributed by atoms with Crippen molar-refractivity contribution in [2.45, 2.75) is 13.8 Å². The zero-order valence-corrected chi connectivity index (χ0v) is 10.1. The normalized spacial score (nSPS) is 10.1. The van der Waals surface area contributed by atoms with Crippen LogP contribution in [0.2, 0.25) is 0 Å². The molecule has 0 unspecified atom stereocenters. The van der Waals surface area contributed by atoms with Gasteiger partial charge in [-0.05, 0) is 11.5 Å². The molecule has 18 heavy (non-hydrogen) atoms. The number of fused-ring (bicyclic) bond motifs is 1. The highest BCUT2D eigenvalue weighted by Crippen LogP contribution is 2.35. The molecule has 2 aromatic carbocycles. The van der Waals surface area contributed by atoms with E-state index in [9.17, 15) is 9.59 Å². The SMILES string of the molecule is CC(=O)Oc1ccc2ccccc2c1OC(C)=O. The molecule has 0 bridgehead atoms. The van der Waals surface area contributed by atoms with Crippen molar-refractivity contribution in [3.8, 4) is 11.5 Å². The summed E-state index contributed by atoms with van der Waals surface area (Å²) in [5.74, 6) is -0.398. The minimum Gasteiger partial charge on any atom is -0.423 e. The lowest BCUT2D eigenvalue weighted by Crippen LogP contribution is -2.07. The van der Waals surface area contributed by atoms with E-state index < -0.39 is 11.9 Å². The van der Waals surface area contributed by atoms with E-state index in [2.05, 4.69) is 0 Å². The third-order valence-electron chi connectivity index (χ3n) is 2.34. The van der Waals surface area contributed by atoms with Gasteiger partial charge in [0.1, 0.15) is 0 Å². The van der Waals surface area contributed by atoms with Gasteiger partial charge in [-0.1, -0.05) is 30.3 Å². The molecule has 4 nitrogen and oxygen atoms in total. The monoisotopic (exact) mass is 244 g/mol. The predicted octanol–water partition coefficient (Wildman–Crippen LogP) is 2.69. The van der Waals surface area contributed by atoms with Gasteiger partial charge in [0, 0.05) is 19.2 Å². The summed E-state index contributed by atoms with van der Waals surface area (Å²) < 4.78 is 10.2. The summed E-state index contributed by atoms with van der Waals surface area (Å²) in [5, 5.41) is 1.64. The average Bonchev–Trinajstić information content (AvgIpc) is 2.31. The number of esters is 2. The van der Waals surface area contributed by atoms with Crippen LogP contribution in [-0.2, 0) is 9.59 Å². The molecule has 0 fully saturated rings. The number of hydrogen-bond acceptors (Lipinski definition) is 4. The van der Waals surface area contributed by atoms with Crippen LogP contribution < -0.4 is 9.47 Å². The van der Waals surface area contributed by atoms with Crippen molar-refractivity contribution in [2.24, 2.45) is 0 Å². The third-order valence-corrected chi connectivity index (χ3v) is 2.34. The highest BCUT2D eigenvalue weighted by Gasteiger charge is 2.13. The fourth-order valence-electron chi connectivity index (χ4n) is 1.71. The highest BCUT2D eigenvalue weighted by molar-refractivity contribution is 5.93. The number of rotatable bonds is 2. The van der Waals surface area contributed by atoms with E-state index in [1.165, 1.54) is 13.8 Å². The van der Waals surface area contributed by atoms with Gasteiger partial charge in [-0.2, -0.15) is 0 Å². The van der Waals surface area contributed by atoms with Crippen LogP contribution in [0.5, 0.6) is 11.5 Å². The number of carbonyl (C=O) groups is 2. The summed E-state index contributed by atoms with van der Waals surface area (Å²) in [7, 11) is 0. The molecule has 0 saturated heterocycles. The molecule has 2 aromatic rings. The molecule has 0 spiro atoms. The summed E-state index contributed by atoms with van der Waals surface area (Å²) in [6.45, 7) is 2.60. The molecule has 2 rings (SSSR count). The first kappa shape index (κ1) is 12.1. The van der Waals surface area contributed by atoms with Gasteiger partial charge in [-0.25, -0.2) is 0 Å². The smallest absolute Gasteiger partial charge is 0.308 e. The third kappa shape index (κ3) is 2.48. The van der Waals surface area contributed by atoms with Gasteiger partial charge in [0.05, 0.1) is 0 Å². The lowest BCUT2D eigenvalue weighted by molar-refractivity contribution is -0.134. The minimum atomic E-state index is -0.460. The van der Waals surface area contributed by atoms with Crippen molar-refractivity contribution >= 4 is 22.7 Å². The topological polar surface area (TPSA) is 52.6 Å². The van der Waals surface area contributed by atoms with Crippen LogP contribution in [0.1, 0.15) is 13.8 Å². The second-order valence-electron chi connectivity index (χ2n) is 3.80. The van der Waals surface area contributed by atoms with Crippen LogP contribution in [0.25, 0.3) is 10.8 Å². The zero-order valence-electron chi connectivity index (χ0n) is 10.1. The average molecular weight is 244 g/mol. The second kappa shape index (κ2) is 4.87. The summed E-state index contributed by atoms with van der Waals surface area (Å²) in [6, 6.07) is 10.8. The largest absolute Gasteiger partial charge is 0.423 e. The van der Waals surface area contributed by atoms with Gasteiger partial charge in [-0.15, -0.1) is 0 Å². The maximum atomic E-state index is 11.1. The number of carbonyl (C=O) groups excluding carboxylic acids is 2. The van der Waals surface area contributed by atoms with Crippen LogP contribution in [0.4, 0.5) is 0 Å². The summed E-state index contributed by atoms with van der Waals surface area (Å²) in [5.41, 5.74) is 0. The molecule has 0 saturated carbocycles. The Labute approximate surface area is 104 Å². The molecule has 0 atom stereocenters. The van der Waals surface area contributed by atoms with Crippen LogP contribution in [0.15, 0.2) is 36.4 Å². The molecule has 0 amide bonds. The number of hydrogen-bond donors (Lipinski definition) is 0. The highest BCUT2D eigenvalue weighted by atomic mass is 16.6. The van der Waals surface area contributed by atoms with E-state index in [4.69, 9.17) is 9.47 Å². The lowest BCUT2D eigenvalue weighted by atomic mass is 10.1. The molecule has 4 heteroatoms. The Bertz CT molecular complexity index is 616. The summed E-state index contributed by atoms with van der Waals surface area (Å²) in [4.78, 5) is 22.2. The molecule has 0 aliphatic rings. The predicted molar refractivity (Wildman–Crippen MR) is 66.6 cm³/mol. The Morgan fingerprint density at radius 3 is 2.22 bits per heavy atom. The summed E-state index contributed by atoms with van der Waals surface area (Å²) >= 11 is 0. The van der Waals surface area contributed by atoms with Crippen molar-refractivity contribution in [2.75, 3.05) is 0 Å².